The van der Waals surface area contributed by atoms with Gasteiger partial charge in [0.15, 0.2) is 6.29 Å². The highest BCUT2D eigenvalue weighted by Gasteiger charge is 2.06. The normalized spacial score (nSPS) is 10.1. The first kappa shape index (κ1) is 12.0. The molecule has 0 bridgehead atoms. The van der Waals surface area contributed by atoms with Crippen LogP contribution in [0.1, 0.15) is 10.4 Å². The SMILES string of the molecule is COCCN(C)c1ccc(Cl)cc1C=O. The Kier molecular flexibility index (Phi) is 4.59. The molecule has 1 aromatic rings. The standard InChI is InChI=1S/C11H14ClNO2/c1-13(5-6-15-2)11-4-3-10(12)7-9(11)8-14/h3-4,7-8H,5-6H2,1-2H3. The second kappa shape index (κ2) is 5.73. The number of likely N-dealkylation sites (N-methyl/N-ethyl adjacent to an activating group) is 1. The van der Waals surface area contributed by atoms with E-state index in [4.69, 9.17) is 16.3 Å². The summed E-state index contributed by atoms with van der Waals surface area (Å²) in [6.45, 7) is 1.36. The Morgan fingerprint density at radius 3 is 2.87 bits per heavy atom. The van der Waals surface area contributed by atoms with Gasteiger partial charge in [0.1, 0.15) is 0 Å². The number of aldehydes is 1. The van der Waals surface area contributed by atoms with Gasteiger partial charge in [-0.1, -0.05) is 11.6 Å². The van der Waals surface area contributed by atoms with Crippen LogP contribution in [0.2, 0.25) is 5.02 Å². The first-order valence-corrected chi connectivity index (χ1v) is 5.01. The van der Waals surface area contributed by atoms with Crippen LogP contribution in [0, 0.1) is 0 Å². The van der Waals surface area contributed by atoms with E-state index in [1.54, 1.807) is 19.2 Å². The van der Waals surface area contributed by atoms with Gasteiger partial charge in [-0.25, -0.2) is 0 Å². The Morgan fingerprint density at radius 2 is 2.27 bits per heavy atom. The van der Waals surface area contributed by atoms with Crippen molar-refractivity contribution in [2.75, 3.05) is 32.2 Å². The number of ether oxygens (including phenoxy) is 1. The van der Waals surface area contributed by atoms with Crippen LogP contribution in [-0.4, -0.2) is 33.6 Å². The molecule has 0 heterocycles. The van der Waals surface area contributed by atoms with Gasteiger partial charge in [0.2, 0.25) is 0 Å². The third-order valence-corrected chi connectivity index (χ3v) is 2.39. The number of halogens is 1. The number of hydrogen-bond acceptors (Lipinski definition) is 3. The Morgan fingerprint density at radius 1 is 1.53 bits per heavy atom. The molecule has 0 saturated heterocycles. The number of rotatable bonds is 5. The topological polar surface area (TPSA) is 29.5 Å². The van der Waals surface area contributed by atoms with E-state index >= 15 is 0 Å². The van der Waals surface area contributed by atoms with Crippen LogP contribution in [0.15, 0.2) is 18.2 Å². The van der Waals surface area contributed by atoms with Gasteiger partial charge < -0.3 is 9.64 Å². The zero-order chi connectivity index (χ0) is 11.3. The molecule has 0 aliphatic carbocycles. The summed E-state index contributed by atoms with van der Waals surface area (Å²) < 4.78 is 4.98. The van der Waals surface area contributed by atoms with Crippen molar-refractivity contribution in [1.82, 2.24) is 0 Å². The molecule has 0 aliphatic heterocycles. The van der Waals surface area contributed by atoms with Crippen molar-refractivity contribution in [3.8, 4) is 0 Å². The summed E-state index contributed by atoms with van der Waals surface area (Å²) in [5.41, 5.74) is 1.47. The number of hydrogen-bond donors (Lipinski definition) is 0. The quantitative estimate of drug-likeness (QED) is 0.723. The van der Waals surface area contributed by atoms with Gasteiger partial charge in [0, 0.05) is 37.0 Å². The van der Waals surface area contributed by atoms with Gasteiger partial charge in [-0.15, -0.1) is 0 Å². The summed E-state index contributed by atoms with van der Waals surface area (Å²) in [4.78, 5) is 12.8. The monoisotopic (exact) mass is 227 g/mol. The molecule has 1 aromatic carbocycles. The van der Waals surface area contributed by atoms with E-state index in [2.05, 4.69) is 0 Å². The molecule has 3 nitrogen and oxygen atoms in total. The first-order chi connectivity index (χ1) is 7.19. The number of benzene rings is 1. The van der Waals surface area contributed by atoms with Crippen LogP contribution < -0.4 is 4.90 Å². The minimum absolute atomic E-state index is 0.570. The van der Waals surface area contributed by atoms with E-state index in [0.717, 1.165) is 18.5 Å². The fourth-order valence-electron chi connectivity index (χ4n) is 1.32. The molecule has 0 amide bonds. The van der Waals surface area contributed by atoms with Crippen molar-refractivity contribution in [2.45, 2.75) is 0 Å². The molecule has 0 aliphatic rings. The lowest BCUT2D eigenvalue weighted by Crippen LogP contribution is -2.23. The highest BCUT2D eigenvalue weighted by Crippen LogP contribution is 2.21. The summed E-state index contributed by atoms with van der Waals surface area (Å²) in [6, 6.07) is 5.27. The maximum atomic E-state index is 10.8. The average Bonchev–Trinajstić information content (AvgIpc) is 2.25. The summed E-state index contributed by atoms with van der Waals surface area (Å²) in [5.74, 6) is 0. The van der Waals surface area contributed by atoms with Gasteiger partial charge >= 0.3 is 0 Å². The smallest absolute Gasteiger partial charge is 0.152 e. The first-order valence-electron chi connectivity index (χ1n) is 4.64. The predicted octanol–water partition coefficient (Wildman–Crippen LogP) is 2.24. The van der Waals surface area contributed by atoms with Crippen LogP contribution in [-0.2, 0) is 4.74 Å². The highest BCUT2D eigenvalue weighted by atomic mass is 35.5. The number of methoxy groups -OCH3 is 1. The van der Waals surface area contributed by atoms with Crippen LogP contribution in [0.5, 0.6) is 0 Å². The summed E-state index contributed by atoms with van der Waals surface area (Å²) in [7, 11) is 3.56. The number of nitrogens with zero attached hydrogens (tertiary/aromatic N) is 1. The van der Waals surface area contributed by atoms with E-state index in [0.29, 0.717) is 17.2 Å². The van der Waals surface area contributed by atoms with E-state index in [-0.39, 0.29) is 0 Å². The lowest BCUT2D eigenvalue weighted by molar-refractivity contribution is 0.112. The van der Waals surface area contributed by atoms with Crippen LogP contribution >= 0.6 is 11.6 Å². The van der Waals surface area contributed by atoms with Crippen molar-refractivity contribution in [3.05, 3.63) is 28.8 Å². The Balaban J connectivity index is 2.87. The van der Waals surface area contributed by atoms with Crippen LogP contribution in [0.25, 0.3) is 0 Å². The number of anilines is 1. The van der Waals surface area contributed by atoms with Crippen LogP contribution in [0.3, 0.4) is 0 Å². The molecule has 0 N–H and O–H groups in total. The minimum atomic E-state index is 0.570. The maximum absolute atomic E-state index is 10.8. The summed E-state index contributed by atoms with van der Waals surface area (Å²) in [6.07, 6.45) is 0.810. The van der Waals surface area contributed by atoms with Crippen molar-refractivity contribution in [2.24, 2.45) is 0 Å². The van der Waals surface area contributed by atoms with Crippen LogP contribution in [0.4, 0.5) is 5.69 Å². The van der Waals surface area contributed by atoms with E-state index < -0.39 is 0 Å². The molecule has 15 heavy (non-hydrogen) atoms. The largest absolute Gasteiger partial charge is 0.383 e. The lowest BCUT2D eigenvalue weighted by Gasteiger charge is -2.20. The maximum Gasteiger partial charge on any atom is 0.152 e. The second-order valence-electron chi connectivity index (χ2n) is 3.24. The molecular formula is C11H14ClNO2. The second-order valence-corrected chi connectivity index (χ2v) is 3.67. The highest BCUT2D eigenvalue weighted by molar-refractivity contribution is 6.31. The average molecular weight is 228 g/mol. The summed E-state index contributed by atoms with van der Waals surface area (Å²) >= 11 is 5.80. The van der Waals surface area contributed by atoms with Gasteiger partial charge in [-0.05, 0) is 18.2 Å². The molecule has 0 atom stereocenters. The molecule has 0 aromatic heterocycles. The molecule has 0 unspecified atom stereocenters. The summed E-state index contributed by atoms with van der Waals surface area (Å²) in [5, 5.41) is 0.570. The number of carbonyl (C=O) groups is 1. The lowest BCUT2D eigenvalue weighted by atomic mass is 10.2. The predicted molar refractivity (Wildman–Crippen MR) is 62.0 cm³/mol. The molecule has 82 valence electrons. The molecule has 0 radical (unpaired) electrons. The van der Waals surface area contributed by atoms with E-state index in [9.17, 15) is 4.79 Å². The Bertz CT molecular complexity index is 341. The molecule has 0 spiro atoms. The zero-order valence-electron chi connectivity index (χ0n) is 8.87. The molecule has 1 rings (SSSR count). The van der Waals surface area contributed by atoms with E-state index in [1.165, 1.54) is 0 Å². The van der Waals surface area contributed by atoms with Crippen molar-refractivity contribution in [3.63, 3.8) is 0 Å². The van der Waals surface area contributed by atoms with Gasteiger partial charge in [0.25, 0.3) is 0 Å². The molecule has 0 saturated carbocycles. The van der Waals surface area contributed by atoms with Crippen molar-refractivity contribution < 1.29 is 9.53 Å². The van der Waals surface area contributed by atoms with Gasteiger partial charge in [-0.3, -0.25) is 4.79 Å². The molecule has 4 heteroatoms. The third-order valence-electron chi connectivity index (χ3n) is 2.16. The van der Waals surface area contributed by atoms with Crippen molar-refractivity contribution in [1.29, 1.82) is 0 Å². The third kappa shape index (κ3) is 3.22. The molecule has 0 fully saturated rings. The number of carbonyl (C=O) groups excluding carboxylic acids is 1. The Labute approximate surface area is 94.6 Å². The minimum Gasteiger partial charge on any atom is -0.383 e. The van der Waals surface area contributed by atoms with E-state index in [1.807, 2.05) is 18.0 Å². The zero-order valence-corrected chi connectivity index (χ0v) is 9.62. The fourth-order valence-corrected chi connectivity index (χ4v) is 1.50. The van der Waals surface area contributed by atoms with Gasteiger partial charge in [-0.2, -0.15) is 0 Å². The fraction of sp³-hybridized carbons (Fsp3) is 0.364. The van der Waals surface area contributed by atoms with Crippen molar-refractivity contribution >= 4 is 23.6 Å². The Hall–Kier alpha value is -1.06. The molecular weight excluding hydrogens is 214 g/mol. The van der Waals surface area contributed by atoms with Gasteiger partial charge in [0.05, 0.1) is 6.61 Å².